The van der Waals surface area contributed by atoms with Gasteiger partial charge in [-0.1, -0.05) is 36.8 Å². The van der Waals surface area contributed by atoms with Crippen molar-refractivity contribution >= 4 is 23.1 Å². The number of anilines is 2. The van der Waals surface area contributed by atoms with Crippen LogP contribution in [0.1, 0.15) is 42.1 Å². The summed E-state index contributed by atoms with van der Waals surface area (Å²) >= 11 is 0. The summed E-state index contributed by atoms with van der Waals surface area (Å²) in [4.78, 5) is 29.3. The third-order valence-electron chi connectivity index (χ3n) is 5.38. The monoisotopic (exact) mass is 393 g/mol. The van der Waals surface area contributed by atoms with Gasteiger partial charge in [0.25, 0.3) is 0 Å². The summed E-state index contributed by atoms with van der Waals surface area (Å²) in [5.74, 6) is -0.135. The Morgan fingerprint density at radius 2 is 1.55 bits per heavy atom. The van der Waals surface area contributed by atoms with E-state index in [1.165, 1.54) is 18.7 Å². The molecule has 0 aliphatic carbocycles. The van der Waals surface area contributed by atoms with E-state index in [1.807, 2.05) is 43.3 Å². The van der Waals surface area contributed by atoms with E-state index in [0.717, 1.165) is 37.4 Å². The highest BCUT2D eigenvalue weighted by Crippen LogP contribution is 2.20. The highest BCUT2D eigenvalue weighted by molar-refractivity contribution is 6.00. The van der Waals surface area contributed by atoms with Crippen LogP contribution in [-0.2, 0) is 4.79 Å². The number of ketones is 1. The van der Waals surface area contributed by atoms with Gasteiger partial charge in [0.15, 0.2) is 5.78 Å². The Hall–Kier alpha value is -2.66. The number of nitrogens with one attached hydrogen (secondary N) is 1. The molecule has 3 rings (SSSR count). The van der Waals surface area contributed by atoms with Crippen molar-refractivity contribution in [2.45, 2.75) is 33.1 Å². The summed E-state index contributed by atoms with van der Waals surface area (Å²) in [7, 11) is 0. The Labute approximate surface area is 173 Å². The minimum atomic E-state index is -0.133. The van der Waals surface area contributed by atoms with Gasteiger partial charge < -0.3 is 10.2 Å². The normalized spacial score (nSPS) is 14.6. The zero-order valence-electron chi connectivity index (χ0n) is 17.5. The van der Waals surface area contributed by atoms with E-state index < -0.39 is 0 Å². The van der Waals surface area contributed by atoms with Gasteiger partial charge in [-0.05, 0) is 44.2 Å². The number of hydrogen-bond donors (Lipinski definition) is 1. The van der Waals surface area contributed by atoms with Crippen LogP contribution in [0.15, 0.2) is 48.5 Å². The molecule has 0 unspecified atom stereocenters. The van der Waals surface area contributed by atoms with E-state index >= 15 is 0 Å². The molecule has 0 saturated carbocycles. The van der Waals surface area contributed by atoms with Crippen molar-refractivity contribution in [2.75, 3.05) is 42.9 Å². The molecule has 29 heavy (non-hydrogen) atoms. The molecule has 0 aromatic heterocycles. The van der Waals surface area contributed by atoms with Crippen LogP contribution in [0, 0.1) is 6.92 Å². The van der Waals surface area contributed by atoms with Crippen molar-refractivity contribution in [1.82, 2.24) is 4.90 Å². The van der Waals surface area contributed by atoms with Gasteiger partial charge in [-0.3, -0.25) is 14.5 Å². The van der Waals surface area contributed by atoms with E-state index in [1.54, 1.807) is 0 Å². The largest absolute Gasteiger partial charge is 0.369 e. The van der Waals surface area contributed by atoms with Crippen molar-refractivity contribution in [2.24, 2.45) is 0 Å². The molecule has 1 amide bonds. The number of piperazine rings is 1. The third-order valence-corrected chi connectivity index (χ3v) is 5.38. The number of benzene rings is 2. The van der Waals surface area contributed by atoms with Crippen molar-refractivity contribution in [3.63, 3.8) is 0 Å². The Kier molecular flexibility index (Phi) is 7.42. The number of hydrogen-bond acceptors (Lipinski definition) is 4. The molecule has 2 aromatic rings. The first-order valence-electron chi connectivity index (χ1n) is 10.5. The third kappa shape index (κ3) is 6.16. The zero-order valence-corrected chi connectivity index (χ0v) is 17.5. The molecule has 1 fully saturated rings. The van der Waals surface area contributed by atoms with E-state index in [2.05, 4.69) is 34.2 Å². The minimum Gasteiger partial charge on any atom is -0.369 e. The number of aryl methyl sites for hydroxylation is 1. The zero-order chi connectivity index (χ0) is 20.6. The Bertz CT molecular complexity index is 807. The highest BCUT2D eigenvalue weighted by atomic mass is 16.2. The SMILES string of the molecule is CCCN1CCN(c2ccc(NC(=O)CCC(=O)c3ccc(C)cc3)cc2)CC1. The number of rotatable bonds is 8. The maximum atomic E-state index is 12.2. The smallest absolute Gasteiger partial charge is 0.224 e. The molecule has 2 aromatic carbocycles. The van der Waals surface area contributed by atoms with Crippen LogP contribution in [0.4, 0.5) is 11.4 Å². The fourth-order valence-corrected chi connectivity index (χ4v) is 3.64. The van der Waals surface area contributed by atoms with E-state index in [-0.39, 0.29) is 24.5 Å². The lowest BCUT2D eigenvalue weighted by atomic mass is 10.0. The van der Waals surface area contributed by atoms with E-state index in [9.17, 15) is 9.59 Å². The fraction of sp³-hybridized carbons (Fsp3) is 0.417. The van der Waals surface area contributed by atoms with Crippen molar-refractivity contribution in [1.29, 1.82) is 0 Å². The van der Waals surface area contributed by atoms with Gasteiger partial charge in [0.2, 0.25) is 5.91 Å². The van der Waals surface area contributed by atoms with Crippen LogP contribution in [0.3, 0.4) is 0 Å². The average Bonchev–Trinajstić information content (AvgIpc) is 2.74. The molecule has 1 aliphatic heterocycles. The Balaban J connectivity index is 1.45. The number of amides is 1. The Morgan fingerprint density at radius 1 is 0.897 bits per heavy atom. The maximum absolute atomic E-state index is 12.2. The molecular weight excluding hydrogens is 362 g/mol. The van der Waals surface area contributed by atoms with Gasteiger partial charge in [0.1, 0.15) is 0 Å². The van der Waals surface area contributed by atoms with E-state index in [4.69, 9.17) is 0 Å². The lowest BCUT2D eigenvalue weighted by Gasteiger charge is -2.36. The number of nitrogens with zero attached hydrogens (tertiary/aromatic N) is 2. The van der Waals surface area contributed by atoms with Crippen molar-refractivity contribution in [3.05, 3.63) is 59.7 Å². The van der Waals surface area contributed by atoms with E-state index in [0.29, 0.717) is 5.56 Å². The maximum Gasteiger partial charge on any atom is 0.224 e. The molecule has 5 nitrogen and oxygen atoms in total. The minimum absolute atomic E-state index is 0.00212. The second-order valence-electron chi connectivity index (χ2n) is 7.71. The second kappa shape index (κ2) is 10.2. The molecular formula is C24H31N3O2. The van der Waals surface area contributed by atoms with Gasteiger partial charge in [-0.15, -0.1) is 0 Å². The van der Waals surface area contributed by atoms with Gasteiger partial charge in [-0.2, -0.15) is 0 Å². The first kappa shape index (κ1) is 21.1. The van der Waals surface area contributed by atoms with Crippen molar-refractivity contribution < 1.29 is 9.59 Å². The number of Topliss-reactive ketones (excluding diaryl/α,β-unsaturated/α-hetero) is 1. The number of carbonyl (C=O) groups excluding carboxylic acids is 2. The molecule has 1 saturated heterocycles. The first-order chi connectivity index (χ1) is 14.0. The lowest BCUT2D eigenvalue weighted by molar-refractivity contribution is -0.116. The van der Waals surface area contributed by atoms with Gasteiger partial charge in [0, 0.05) is 56.0 Å². The van der Waals surface area contributed by atoms with Gasteiger partial charge in [-0.25, -0.2) is 0 Å². The summed E-state index contributed by atoms with van der Waals surface area (Å²) < 4.78 is 0. The quantitative estimate of drug-likeness (QED) is 0.685. The summed E-state index contributed by atoms with van der Waals surface area (Å²) in [5, 5.41) is 2.89. The van der Waals surface area contributed by atoms with Crippen molar-refractivity contribution in [3.8, 4) is 0 Å². The van der Waals surface area contributed by atoms with Gasteiger partial charge >= 0.3 is 0 Å². The van der Waals surface area contributed by atoms with Crippen LogP contribution in [0.5, 0.6) is 0 Å². The molecule has 0 spiro atoms. The molecule has 0 atom stereocenters. The molecule has 1 heterocycles. The van der Waals surface area contributed by atoms with Crippen LogP contribution in [0.25, 0.3) is 0 Å². The van der Waals surface area contributed by atoms with Crippen LogP contribution in [-0.4, -0.2) is 49.3 Å². The summed E-state index contributed by atoms with van der Waals surface area (Å²) in [6.45, 7) is 9.64. The molecule has 154 valence electrons. The van der Waals surface area contributed by atoms with Gasteiger partial charge in [0.05, 0.1) is 0 Å². The number of carbonyl (C=O) groups is 2. The lowest BCUT2D eigenvalue weighted by Crippen LogP contribution is -2.46. The molecule has 0 radical (unpaired) electrons. The predicted octanol–water partition coefficient (Wildman–Crippen LogP) is 4.13. The Morgan fingerprint density at radius 3 is 2.17 bits per heavy atom. The first-order valence-corrected chi connectivity index (χ1v) is 10.5. The fourth-order valence-electron chi connectivity index (χ4n) is 3.64. The summed E-state index contributed by atoms with van der Waals surface area (Å²) in [6, 6.07) is 15.5. The van der Waals surface area contributed by atoms with Crippen LogP contribution < -0.4 is 10.2 Å². The molecule has 0 bridgehead atoms. The predicted molar refractivity (Wildman–Crippen MR) is 119 cm³/mol. The summed E-state index contributed by atoms with van der Waals surface area (Å²) in [5.41, 5.74) is 3.73. The average molecular weight is 394 g/mol. The molecule has 5 heteroatoms. The topological polar surface area (TPSA) is 52.6 Å². The van der Waals surface area contributed by atoms with Crippen LogP contribution >= 0.6 is 0 Å². The highest BCUT2D eigenvalue weighted by Gasteiger charge is 2.16. The second-order valence-corrected chi connectivity index (χ2v) is 7.71. The molecule has 1 N–H and O–H groups in total. The molecule has 1 aliphatic rings. The summed E-state index contributed by atoms with van der Waals surface area (Å²) in [6.07, 6.45) is 1.61. The van der Waals surface area contributed by atoms with Crippen LogP contribution in [0.2, 0.25) is 0 Å². The standard InChI is InChI=1S/C24H31N3O2/c1-3-14-26-15-17-27(18-16-26)22-10-8-21(9-11-22)25-24(29)13-12-23(28)20-6-4-19(2)5-7-20/h4-11H,3,12-18H2,1-2H3,(H,25,29).